The number of nitrogens with zero attached hydrogens (tertiary/aromatic N) is 3. The lowest BCUT2D eigenvalue weighted by Gasteiger charge is -2.24. The fourth-order valence-corrected chi connectivity index (χ4v) is 3.22. The van der Waals surface area contributed by atoms with Gasteiger partial charge in [0, 0.05) is 38.2 Å². The molecule has 1 aliphatic carbocycles. The first-order valence-electron chi connectivity index (χ1n) is 8.49. The molecule has 1 aliphatic heterocycles. The number of amides is 1. The molecule has 2 fully saturated rings. The highest BCUT2D eigenvalue weighted by atomic mass is 16.6. The summed E-state index contributed by atoms with van der Waals surface area (Å²) in [6.07, 6.45) is 2.75. The van der Waals surface area contributed by atoms with Crippen molar-refractivity contribution >= 4 is 17.3 Å². The normalized spacial score (nSPS) is 17.8. The molecule has 8 nitrogen and oxygen atoms in total. The molecule has 0 N–H and O–H groups in total. The Kier molecular flexibility index (Phi) is 4.96. The van der Waals surface area contributed by atoms with Crippen LogP contribution in [0.2, 0.25) is 0 Å². The summed E-state index contributed by atoms with van der Waals surface area (Å²) in [6, 6.07) is 3.04. The van der Waals surface area contributed by atoms with E-state index in [0.717, 1.165) is 19.3 Å². The van der Waals surface area contributed by atoms with Gasteiger partial charge in [0.05, 0.1) is 25.2 Å². The molecule has 0 spiro atoms. The van der Waals surface area contributed by atoms with E-state index in [0.29, 0.717) is 43.4 Å². The number of rotatable bonds is 5. The summed E-state index contributed by atoms with van der Waals surface area (Å²) in [5.74, 6) is 1.21. The number of ether oxygens (including phenoxy) is 2. The van der Waals surface area contributed by atoms with Crippen molar-refractivity contribution in [1.82, 2.24) is 4.90 Å². The SMILES string of the molecule is COc1cc(N2CCCN(C(=O)C3CC3)CC2)c([N+](=O)[O-])cc1OC. The summed E-state index contributed by atoms with van der Waals surface area (Å²) in [6.45, 7) is 2.51. The second-order valence-electron chi connectivity index (χ2n) is 6.39. The third-order valence-corrected chi connectivity index (χ3v) is 4.75. The van der Waals surface area contributed by atoms with Gasteiger partial charge in [-0.1, -0.05) is 0 Å². The van der Waals surface area contributed by atoms with Gasteiger partial charge in [0.1, 0.15) is 5.69 Å². The third-order valence-electron chi connectivity index (χ3n) is 4.75. The molecule has 0 aromatic heterocycles. The molecule has 8 heteroatoms. The van der Waals surface area contributed by atoms with E-state index in [2.05, 4.69) is 0 Å². The van der Waals surface area contributed by atoms with Crippen LogP contribution in [-0.2, 0) is 4.79 Å². The van der Waals surface area contributed by atoms with Crippen molar-refractivity contribution in [2.24, 2.45) is 5.92 Å². The van der Waals surface area contributed by atoms with Gasteiger partial charge >= 0.3 is 0 Å². The van der Waals surface area contributed by atoms with E-state index in [1.807, 2.05) is 9.80 Å². The first-order chi connectivity index (χ1) is 12.0. The summed E-state index contributed by atoms with van der Waals surface area (Å²) < 4.78 is 10.5. The highest BCUT2D eigenvalue weighted by molar-refractivity contribution is 5.81. The van der Waals surface area contributed by atoms with Crippen LogP contribution in [0, 0.1) is 16.0 Å². The maximum atomic E-state index is 12.3. The fourth-order valence-electron chi connectivity index (χ4n) is 3.22. The Hall–Kier alpha value is -2.51. The molecule has 0 bridgehead atoms. The van der Waals surface area contributed by atoms with E-state index in [1.54, 1.807) is 6.07 Å². The zero-order valence-electron chi connectivity index (χ0n) is 14.6. The lowest BCUT2D eigenvalue weighted by molar-refractivity contribution is -0.384. The Morgan fingerprint density at radius 1 is 1.12 bits per heavy atom. The standard InChI is InChI=1S/C17H23N3O5/c1-24-15-10-13(14(20(22)23)11-16(15)25-2)18-6-3-7-19(9-8-18)17(21)12-4-5-12/h10-12H,3-9H2,1-2H3. The molecule has 0 atom stereocenters. The third kappa shape index (κ3) is 3.62. The molecule has 1 saturated heterocycles. The van der Waals surface area contributed by atoms with E-state index in [1.165, 1.54) is 20.3 Å². The van der Waals surface area contributed by atoms with Gasteiger partial charge in [0.15, 0.2) is 11.5 Å². The number of carbonyl (C=O) groups excluding carboxylic acids is 1. The van der Waals surface area contributed by atoms with Crippen molar-refractivity contribution in [3.63, 3.8) is 0 Å². The average molecular weight is 349 g/mol. The largest absolute Gasteiger partial charge is 0.493 e. The number of nitro groups is 1. The van der Waals surface area contributed by atoms with Gasteiger partial charge in [-0.05, 0) is 19.3 Å². The number of methoxy groups -OCH3 is 2. The average Bonchev–Trinajstić information content (AvgIpc) is 3.46. The predicted molar refractivity (Wildman–Crippen MR) is 92.3 cm³/mol. The van der Waals surface area contributed by atoms with Crippen LogP contribution in [0.3, 0.4) is 0 Å². The Balaban J connectivity index is 1.84. The van der Waals surface area contributed by atoms with Crippen molar-refractivity contribution < 1.29 is 19.2 Å². The van der Waals surface area contributed by atoms with E-state index in [-0.39, 0.29) is 17.5 Å². The first kappa shape index (κ1) is 17.3. The number of hydrogen-bond acceptors (Lipinski definition) is 6. The summed E-state index contributed by atoms with van der Waals surface area (Å²) in [5, 5.41) is 11.5. The molecular weight excluding hydrogens is 326 g/mol. The molecule has 1 aromatic carbocycles. The van der Waals surface area contributed by atoms with E-state index in [9.17, 15) is 14.9 Å². The van der Waals surface area contributed by atoms with Crippen molar-refractivity contribution in [2.45, 2.75) is 19.3 Å². The van der Waals surface area contributed by atoms with Crippen molar-refractivity contribution in [3.05, 3.63) is 22.2 Å². The Morgan fingerprint density at radius 2 is 1.80 bits per heavy atom. The van der Waals surface area contributed by atoms with Crippen LogP contribution in [0.5, 0.6) is 11.5 Å². The quantitative estimate of drug-likeness (QED) is 0.597. The summed E-state index contributed by atoms with van der Waals surface area (Å²) in [7, 11) is 2.96. The molecule has 3 rings (SSSR count). The number of benzene rings is 1. The van der Waals surface area contributed by atoms with Crippen molar-refractivity contribution in [2.75, 3.05) is 45.3 Å². The second-order valence-corrected chi connectivity index (χ2v) is 6.39. The monoisotopic (exact) mass is 349 g/mol. The highest BCUT2D eigenvalue weighted by Crippen LogP contribution is 2.40. The molecule has 0 unspecified atom stereocenters. The van der Waals surface area contributed by atoms with Gasteiger partial charge in [-0.3, -0.25) is 14.9 Å². The van der Waals surface area contributed by atoms with Gasteiger partial charge in [0.2, 0.25) is 5.91 Å². The van der Waals surface area contributed by atoms with Gasteiger partial charge in [0.25, 0.3) is 5.69 Å². The molecule has 25 heavy (non-hydrogen) atoms. The molecule has 1 amide bonds. The van der Waals surface area contributed by atoms with E-state index in [4.69, 9.17) is 9.47 Å². The molecule has 1 heterocycles. The number of hydrogen-bond donors (Lipinski definition) is 0. The number of carbonyl (C=O) groups is 1. The predicted octanol–water partition coefficient (Wildman–Crippen LogP) is 2.06. The number of nitro benzene ring substituents is 1. The second kappa shape index (κ2) is 7.16. The molecule has 1 aromatic rings. The van der Waals surface area contributed by atoms with Gasteiger partial charge in [-0.15, -0.1) is 0 Å². The zero-order chi connectivity index (χ0) is 18.0. The highest BCUT2D eigenvalue weighted by Gasteiger charge is 2.34. The topological polar surface area (TPSA) is 85.2 Å². The Labute approximate surface area is 146 Å². The molecule has 136 valence electrons. The Morgan fingerprint density at radius 3 is 2.40 bits per heavy atom. The van der Waals surface area contributed by atoms with Crippen molar-refractivity contribution in [3.8, 4) is 11.5 Å². The molecule has 2 aliphatic rings. The van der Waals surface area contributed by atoms with Crippen LogP contribution < -0.4 is 14.4 Å². The summed E-state index contributed by atoms with van der Waals surface area (Å²) >= 11 is 0. The molecule has 0 radical (unpaired) electrons. The lowest BCUT2D eigenvalue weighted by atomic mass is 10.2. The zero-order valence-corrected chi connectivity index (χ0v) is 14.6. The van der Waals surface area contributed by atoms with Gasteiger partial charge < -0.3 is 19.3 Å². The van der Waals surface area contributed by atoms with Crippen LogP contribution >= 0.6 is 0 Å². The minimum atomic E-state index is -0.407. The van der Waals surface area contributed by atoms with Crippen LogP contribution in [-0.4, -0.2) is 56.1 Å². The fraction of sp³-hybridized carbons (Fsp3) is 0.588. The van der Waals surface area contributed by atoms with Gasteiger partial charge in [-0.2, -0.15) is 0 Å². The van der Waals surface area contributed by atoms with Crippen LogP contribution in [0.4, 0.5) is 11.4 Å². The van der Waals surface area contributed by atoms with Crippen molar-refractivity contribution in [1.29, 1.82) is 0 Å². The summed E-state index contributed by atoms with van der Waals surface area (Å²) in [4.78, 5) is 27.2. The maximum Gasteiger partial charge on any atom is 0.296 e. The Bertz CT molecular complexity index is 674. The number of anilines is 1. The summed E-state index contributed by atoms with van der Waals surface area (Å²) in [5.41, 5.74) is 0.489. The first-order valence-corrected chi connectivity index (χ1v) is 8.49. The van der Waals surface area contributed by atoms with E-state index >= 15 is 0 Å². The van der Waals surface area contributed by atoms with Gasteiger partial charge in [-0.25, -0.2) is 0 Å². The molecular formula is C17H23N3O5. The van der Waals surface area contributed by atoms with Crippen LogP contribution in [0.25, 0.3) is 0 Å². The molecule has 1 saturated carbocycles. The minimum Gasteiger partial charge on any atom is -0.493 e. The maximum absolute atomic E-state index is 12.3. The minimum absolute atomic E-state index is 0.0142. The lowest BCUT2D eigenvalue weighted by Crippen LogP contribution is -2.36. The van der Waals surface area contributed by atoms with Crippen LogP contribution in [0.15, 0.2) is 12.1 Å². The smallest absolute Gasteiger partial charge is 0.296 e. The van der Waals surface area contributed by atoms with Crippen LogP contribution in [0.1, 0.15) is 19.3 Å². The van der Waals surface area contributed by atoms with E-state index < -0.39 is 4.92 Å².